The quantitative estimate of drug-likeness (QED) is 0.659. The van der Waals surface area contributed by atoms with Gasteiger partial charge in [0.1, 0.15) is 10.4 Å². The van der Waals surface area contributed by atoms with Crippen LogP contribution < -0.4 is 5.32 Å². The lowest BCUT2D eigenvalue weighted by molar-refractivity contribution is -0.385. The molecule has 0 saturated carbocycles. The van der Waals surface area contributed by atoms with E-state index in [1.54, 1.807) is 21.0 Å². The highest BCUT2D eigenvalue weighted by molar-refractivity contribution is 7.17. The van der Waals surface area contributed by atoms with E-state index in [9.17, 15) is 19.7 Å². The molecule has 0 bridgehead atoms. The molecule has 126 valence electrons. The summed E-state index contributed by atoms with van der Waals surface area (Å²) in [6.07, 6.45) is 0. The van der Waals surface area contributed by atoms with Crippen LogP contribution in [0.1, 0.15) is 25.7 Å². The van der Waals surface area contributed by atoms with Gasteiger partial charge in [0.25, 0.3) is 17.5 Å². The van der Waals surface area contributed by atoms with Crippen molar-refractivity contribution in [1.82, 2.24) is 9.88 Å². The van der Waals surface area contributed by atoms with Crippen LogP contribution in [0, 0.1) is 17.0 Å². The predicted molar refractivity (Wildman–Crippen MR) is 90.9 cm³/mol. The van der Waals surface area contributed by atoms with E-state index in [-0.39, 0.29) is 21.6 Å². The monoisotopic (exact) mass is 368 g/mol. The molecule has 1 aromatic carbocycles. The van der Waals surface area contributed by atoms with Gasteiger partial charge in [0.05, 0.1) is 10.6 Å². The molecule has 0 aliphatic rings. The topological polar surface area (TPSA) is 105 Å². The molecule has 0 spiro atoms. The van der Waals surface area contributed by atoms with Crippen LogP contribution in [0.3, 0.4) is 0 Å². The molecule has 2 aromatic rings. The lowest BCUT2D eigenvalue weighted by atomic mass is 10.1. The van der Waals surface area contributed by atoms with Crippen molar-refractivity contribution in [2.24, 2.45) is 0 Å². The number of nitro benzene ring substituents is 1. The highest BCUT2D eigenvalue weighted by Crippen LogP contribution is 2.27. The summed E-state index contributed by atoms with van der Waals surface area (Å²) in [5.74, 6) is -0.932. The molecule has 10 heteroatoms. The Morgan fingerprint density at radius 3 is 2.62 bits per heavy atom. The molecule has 0 atom stereocenters. The molecule has 8 nitrogen and oxygen atoms in total. The Hall–Kier alpha value is -2.52. The van der Waals surface area contributed by atoms with E-state index in [0.29, 0.717) is 10.6 Å². The molecule has 0 radical (unpaired) electrons. The van der Waals surface area contributed by atoms with E-state index in [1.807, 2.05) is 0 Å². The third-order valence-electron chi connectivity index (χ3n) is 3.02. The van der Waals surface area contributed by atoms with Crippen LogP contribution in [0.15, 0.2) is 18.2 Å². The second-order valence-corrected chi connectivity index (χ2v) is 6.44. The first-order valence-corrected chi connectivity index (χ1v) is 7.84. The number of anilines is 1. The normalized spacial score (nSPS) is 10.3. The number of thiazole rings is 1. The molecule has 2 amide bonds. The van der Waals surface area contributed by atoms with Gasteiger partial charge >= 0.3 is 0 Å². The SMILES string of the molecule is Cc1nc(NC(=O)c2ccc(Cl)cc2[N+](=O)[O-])sc1C(=O)N(C)C. The zero-order valence-corrected chi connectivity index (χ0v) is 14.6. The van der Waals surface area contributed by atoms with Gasteiger partial charge in [-0.25, -0.2) is 4.98 Å². The number of carbonyl (C=O) groups is 2. The molecule has 1 N–H and O–H groups in total. The first-order chi connectivity index (χ1) is 11.2. The first kappa shape index (κ1) is 17.8. The van der Waals surface area contributed by atoms with Crippen molar-refractivity contribution in [2.45, 2.75) is 6.92 Å². The Labute approximate surface area is 146 Å². The van der Waals surface area contributed by atoms with E-state index in [0.717, 1.165) is 17.4 Å². The zero-order valence-electron chi connectivity index (χ0n) is 13.0. The Morgan fingerprint density at radius 1 is 1.38 bits per heavy atom. The molecule has 1 aromatic heterocycles. The molecule has 0 unspecified atom stereocenters. The van der Waals surface area contributed by atoms with Gasteiger partial charge in [-0.3, -0.25) is 25.0 Å². The number of amides is 2. The van der Waals surface area contributed by atoms with Gasteiger partial charge in [-0.05, 0) is 19.1 Å². The Kier molecular flexibility index (Phi) is 5.15. The number of nitrogens with one attached hydrogen (secondary N) is 1. The van der Waals surface area contributed by atoms with Crippen LogP contribution in [0.2, 0.25) is 5.02 Å². The lowest BCUT2D eigenvalue weighted by Crippen LogP contribution is -2.21. The number of halogens is 1. The van der Waals surface area contributed by atoms with Crippen LogP contribution in [0.4, 0.5) is 10.8 Å². The van der Waals surface area contributed by atoms with E-state index in [1.165, 1.54) is 17.0 Å². The average molecular weight is 369 g/mol. The van der Waals surface area contributed by atoms with Crippen molar-refractivity contribution < 1.29 is 14.5 Å². The van der Waals surface area contributed by atoms with Gasteiger partial charge in [0, 0.05) is 25.2 Å². The largest absolute Gasteiger partial charge is 0.344 e. The van der Waals surface area contributed by atoms with Crippen molar-refractivity contribution in [3.8, 4) is 0 Å². The smallest absolute Gasteiger partial charge is 0.283 e. The van der Waals surface area contributed by atoms with Crippen LogP contribution in [-0.2, 0) is 0 Å². The van der Waals surface area contributed by atoms with E-state index >= 15 is 0 Å². The predicted octanol–water partition coefficient (Wildman–Crippen LogP) is 2.97. The summed E-state index contributed by atoms with van der Waals surface area (Å²) in [5, 5.41) is 13.9. The molecular weight excluding hydrogens is 356 g/mol. The minimum absolute atomic E-state index is 0.141. The second kappa shape index (κ2) is 6.93. The number of aryl methyl sites for hydroxylation is 1. The highest BCUT2D eigenvalue weighted by atomic mass is 35.5. The average Bonchev–Trinajstić information content (AvgIpc) is 2.86. The number of aromatic nitrogens is 1. The lowest BCUT2D eigenvalue weighted by Gasteiger charge is -2.07. The van der Waals surface area contributed by atoms with Crippen molar-refractivity contribution in [3.63, 3.8) is 0 Å². The van der Waals surface area contributed by atoms with Gasteiger partial charge in [-0.2, -0.15) is 0 Å². The van der Waals surface area contributed by atoms with E-state index < -0.39 is 16.5 Å². The summed E-state index contributed by atoms with van der Waals surface area (Å²) >= 11 is 6.73. The van der Waals surface area contributed by atoms with Crippen molar-refractivity contribution >= 4 is 45.6 Å². The Morgan fingerprint density at radius 2 is 2.04 bits per heavy atom. The van der Waals surface area contributed by atoms with Crippen LogP contribution >= 0.6 is 22.9 Å². The minimum Gasteiger partial charge on any atom is -0.344 e. The maximum atomic E-state index is 12.3. The van der Waals surface area contributed by atoms with Crippen molar-refractivity contribution in [3.05, 3.63) is 49.5 Å². The molecule has 0 aliphatic heterocycles. The number of rotatable bonds is 4. The fraction of sp³-hybridized carbons (Fsp3) is 0.214. The maximum Gasteiger partial charge on any atom is 0.283 e. The molecule has 0 aliphatic carbocycles. The first-order valence-electron chi connectivity index (χ1n) is 6.65. The Balaban J connectivity index is 2.30. The van der Waals surface area contributed by atoms with Crippen LogP contribution in [0.25, 0.3) is 0 Å². The third-order valence-corrected chi connectivity index (χ3v) is 4.31. The molecule has 1 heterocycles. The number of nitro groups is 1. The van der Waals surface area contributed by atoms with Crippen LogP contribution in [0.5, 0.6) is 0 Å². The van der Waals surface area contributed by atoms with Crippen molar-refractivity contribution in [1.29, 1.82) is 0 Å². The van der Waals surface area contributed by atoms with Gasteiger partial charge in [0.2, 0.25) is 0 Å². The minimum atomic E-state index is -0.698. The molecule has 0 fully saturated rings. The second-order valence-electron chi connectivity index (χ2n) is 5.01. The fourth-order valence-corrected chi connectivity index (χ4v) is 3.01. The van der Waals surface area contributed by atoms with E-state index in [4.69, 9.17) is 11.6 Å². The highest BCUT2D eigenvalue weighted by Gasteiger charge is 2.23. The molecular formula is C14H13ClN4O4S. The summed E-state index contributed by atoms with van der Waals surface area (Å²) in [4.78, 5) is 40.6. The van der Waals surface area contributed by atoms with Gasteiger partial charge in [-0.1, -0.05) is 22.9 Å². The number of benzene rings is 1. The van der Waals surface area contributed by atoms with Crippen molar-refractivity contribution in [2.75, 3.05) is 19.4 Å². The molecule has 2 rings (SSSR count). The number of nitrogens with zero attached hydrogens (tertiary/aromatic N) is 3. The number of hydrogen-bond donors (Lipinski definition) is 1. The summed E-state index contributed by atoms with van der Waals surface area (Å²) in [6, 6.07) is 3.75. The third kappa shape index (κ3) is 3.69. The van der Waals surface area contributed by atoms with Gasteiger partial charge in [-0.15, -0.1) is 0 Å². The van der Waals surface area contributed by atoms with Crippen LogP contribution in [-0.4, -0.2) is 40.7 Å². The van der Waals surface area contributed by atoms with Gasteiger partial charge < -0.3 is 4.90 Å². The number of hydrogen-bond acceptors (Lipinski definition) is 6. The Bertz CT molecular complexity index is 834. The fourth-order valence-electron chi connectivity index (χ4n) is 1.86. The van der Waals surface area contributed by atoms with Gasteiger partial charge in [0.15, 0.2) is 5.13 Å². The summed E-state index contributed by atoms with van der Waals surface area (Å²) < 4.78 is 0. The summed E-state index contributed by atoms with van der Waals surface area (Å²) in [7, 11) is 3.22. The maximum absolute atomic E-state index is 12.3. The zero-order chi connectivity index (χ0) is 18.0. The summed E-state index contributed by atoms with van der Waals surface area (Å²) in [5.41, 5.74) is -0.0739. The number of carbonyl (C=O) groups excluding carboxylic acids is 2. The summed E-state index contributed by atoms with van der Waals surface area (Å²) in [6.45, 7) is 1.65. The van der Waals surface area contributed by atoms with E-state index in [2.05, 4.69) is 10.3 Å². The standard InChI is InChI=1S/C14H13ClN4O4S/c1-7-11(13(21)18(2)3)24-14(16-7)17-12(20)9-5-4-8(15)6-10(9)19(22)23/h4-6H,1-3H3,(H,16,17,20). The molecule has 24 heavy (non-hydrogen) atoms. The molecule has 0 saturated heterocycles.